The summed E-state index contributed by atoms with van der Waals surface area (Å²) in [5.74, 6) is 0.0822. The molecule has 1 atom stereocenters. The normalized spacial score (nSPS) is 17.3. The van der Waals surface area contributed by atoms with Crippen molar-refractivity contribution in [2.24, 2.45) is 11.8 Å². The van der Waals surface area contributed by atoms with Crippen molar-refractivity contribution in [2.45, 2.75) is 65.3 Å². The Bertz CT molecular complexity index is 843. The standard InChI is InChI=1S/C20H34N4O5S/c1-13(2)12-17(25)21-18(14(3)4)20(26)23-8-7-9-24(11-10-23)30(27,28)19-15(5)22-29-16(19)6/h13-14,18H,7-12H2,1-6H3,(H,21,25). The van der Waals surface area contributed by atoms with Gasteiger partial charge < -0.3 is 14.7 Å². The van der Waals surface area contributed by atoms with Crippen molar-refractivity contribution in [1.82, 2.24) is 19.7 Å². The SMILES string of the molecule is Cc1noc(C)c1S(=O)(=O)N1CCCN(C(=O)C(NC(=O)CC(C)C)C(C)C)CC1. The molecule has 170 valence electrons. The van der Waals surface area contributed by atoms with E-state index in [-0.39, 0.29) is 47.4 Å². The lowest BCUT2D eigenvalue weighted by Gasteiger charge is -2.29. The number of aryl methyl sites for hydroxylation is 2. The molecule has 1 N–H and O–H groups in total. The van der Waals surface area contributed by atoms with E-state index in [1.54, 1.807) is 18.7 Å². The van der Waals surface area contributed by atoms with Crippen LogP contribution in [0.2, 0.25) is 0 Å². The summed E-state index contributed by atoms with van der Waals surface area (Å²) in [5, 5.41) is 6.61. The van der Waals surface area contributed by atoms with Crippen molar-refractivity contribution < 1.29 is 22.5 Å². The van der Waals surface area contributed by atoms with Gasteiger partial charge in [-0.1, -0.05) is 32.9 Å². The minimum absolute atomic E-state index is 0.0704. The quantitative estimate of drug-likeness (QED) is 0.688. The van der Waals surface area contributed by atoms with Gasteiger partial charge >= 0.3 is 0 Å². The number of hydrogen-bond donors (Lipinski definition) is 1. The van der Waals surface area contributed by atoms with Crippen molar-refractivity contribution in [3.05, 3.63) is 11.5 Å². The van der Waals surface area contributed by atoms with Gasteiger partial charge in [0.15, 0.2) is 5.76 Å². The van der Waals surface area contributed by atoms with E-state index in [2.05, 4.69) is 10.5 Å². The van der Waals surface area contributed by atoms with Gasteiger partial charge in [-0.15, -0.1) is 0 Å². The fourth-order valence-corrected chi connectivity index (χ4v) is 5.40. The molecule has 30 heavy (non-hydrogen) atoms. The lowest BCUT2D eigenvalue weighted by atomic mass is 10.0. The molecule has 0 radical (unpaired) electrons. The summed E-state index contributed by atoms with van der Waals surface area (Å²) in [5.41, 5.74) is 0.331. The van der Waals surface area contributed by atoms with Crippen LogP contribution in [-0.2, 0) is 19.6 Å². The molecule has 2 heterocycles. The van der Waals surface area contributed by atoms with Gasteiger partial charge in [0, 0.05) is 32.6 Å². The third-order valence-electron chi connectivity index (χ3n) is 5.18. The summed E-state index contributed by atoms with van der Waals surface area (Å²) in [6.07, 6.45) is 0.874. The van der Waals surface area contributed by atoms with Gasteiger partial charge in [-0.05, 0) is 32.1 Å². The molecule has 1 saturated heterocycles. The van der Waals surface area contributed by atoms with Crippen LogP contribution in [0.4, 0.5) is 0 Å². The van der Waals surface area contributed by atoms with Crippen LogP contribution in [0, 0.1) is 25.7 Å². The molecule has 10 heteroatoms. The number of rotatable bonds is 7. The predicted molar refractivity (Wildman–Crippen MR) is 112 cm³/mol. The molecule has 2 amide bonds. The van der Waals surface area contributed by atoms with Crippen molar-refractivity contribution in [3.8, 4) is 0 Å². The van der Waals surface area contributed by atoms with Crippen molar-refractivity contribution in [3.63, 3.8) is 0 Å². The maximum absolute atomic E-state index is 13.1. The lowest BCUT2D eigenvalue weighted by Crippen LogP contribution is -2.52. The third kappa shape index (κ3) is 5.60. The molecule has 0 bridgehead atoms. The van der Waals surface area contributed by atoms with Gasteiger partial charge in [0.1, 0.15) is 16.6 Å². The van der Waals surface area contributed by atoms with Gasteiger partial charge in [-0.25, -0.2) is 8.42 Å². The van der Waals surface area contributed by atoms with Gasteiger partial charge in [0.05, 0.1) is 0 Å². The zero-order chi connectivity index (χ0) is 22.6. The molecule has 1 fully saturated rings. The summed E-state index contributed by atoms with van der Waals surface area (Å²) in [6.45, 7) is 12.1. The van der Waals surface area contributed by atoms with E-state index in [9.17, 15) is 18.0 Å². The van der Waals surface area contributed by atoms with Gasteiger partial charge in [0.2, 0.25) is 21.8 Å². The highest BCUT2D eigenvalue weighted by Crippen LogP contribution is 2.24. The first kappa shape index (κ1) is 24.3. The second-order valence-electron chi connectivity index (χ2n) is 8.62. The highest BCUT2D eigenvalue weighted by atomic mass is 32.2. The molecular formula is C20H34N4O5S. The maximum Gasteiger partial charge on any atom is 0.248 e. The zero-order valence-electron chi connectivity index (χ0n) is 18.8. The van der Waals surface area contributed by atoms with E-state index in [4.69, 9.17) is 4.52 Å². The second kappa shape index (κ2) is 9.91. The molecule has 0 aromatic carbocycles. The van der Waals surface area contributed by atoms with Crippen LogP contribution in [0.3, 0.4) is 0 Å². The summed E-state index contributed by atoms with van der Waals surface area (Å²) in [4.78, 5) is 27.1. The van der Waals surface area contributed by atoms with Crippen LogP contribution in [0.5, 0.6) is 0 Å². The molecule has 0 spiro atoms. The zero-order valence-corrected chi connectivity index (χ0v) is 19.6. The Morgan fingerprint density at radius 2 is 1.77 bits per heavy atom. The molecule has 0 aliphatic carbocycles. The Kier molecular flexibility index (Phi) is 8.04. The lowest BCUT2D eigenvalue weighted by molar-refractivity contribution is -0.137. The Morgan fingerprint density at radius 1 is 1.10 bits per heavy atom. The summed E-state index contributed by atoms with van der Waals surface area (Å²) in [6, 6.07) is -0.623. The fourth-order valence-electron chi connectivity index (χ4n) is 3.64. The van der Waals surface area contributed by atoms with Crippen molar-refractivity contribution in [2.75, 3.05) is 26.2 Å². The minimum atomic E-state index is -3.75. The summed E-state index contributed by atoms with van der Waals surface area (Å²) in [7, 11) is -3.75. The molecule has 1 aliphatic heterocycles. The van der Waals surface area contributed by atoms with Crippen LogP contribution < -0.4 is 5.32 Å². The van der Waals surface area contributed by atoms with Gasteiger partial charge in [-0.2, -0.15) is 4.31 Å². The van der Waals surface area contributed by atoms with Gasteiger partial charge in [-0.3, -0.25) is 9.59 Å². The number of carbonyl (C=O) groups excluding carboxylic acids is 2. The van der Waals surface area contributed by atoms with Crippen LogP contribution >= 0.6 is 0 Å². The number of hydrogen-bond acceptors (Lipinski definition) is 6. The largest absolute Gasteiger partial charge is 0.360 e. The number of nitrogens with zero attached hydrogens (tertiary/aromatic N) is 3. The van der Waals surface area contributed by atoms with Gasteiger partial charge in [0.25, 0.3) is 0 Å². The Hall–Kier alpha value is -1.94. The first-order valence-corrected chi connectivity index (χ1v) is 11.9. The second-order valence-corrected chi connectivity index (χ2v) is 10.5. The third-order valence-corrected chi connectivity index (χ3v) is 7.32. The fraction of sp³-hybridized carbons (Fsp3) is 0.750. The highest BCUT2D eigenvalue weighted by Gasteiger charge is 2.35. The van der Waals surface area contributed by atoms with E-state index in [1.807, 2.05) is 27.7 Å². The molecular weight excluding hydrogens is 408 g/mol. The van der Waals surface area contributed by atoms with Crippen molar-refractivity contribution >= 4 is 21.8 Å². The Morgan fingerprint density at radius 3 is 2.30 bits per heavy atom. The van der Waals surface area contributed by atoms with Crippen LogP contribution in [-0.4, -0.2) is 66.8 Å². The molecule has 1 aliphatic rings. The molecule has 0 saturated carbocycles. The molecule has 2 rings (SSSR count). The number of nitrogens with one attached hydrogen (secondary N) is 1. The monoisotopic (exact) mass is 442 g/mol. The summed E-state index contributed by atoms with van der Waals surface area (Å²) < 4.78 is 32.6. The average Bonchev–Trinajstić information content (AvgIpc) is 2.84. The van der Waals surface area contributed by atoms with E-state index in [0.29, 0.717) is 31.6 Å². The van der Waals surface area contributed by atoms with Crippen LogP contribution in [0.25, 0.3) is 0 Å². The molecule has 1 unspecified atom stereocenters. The average molecular weight is 443 g/mol. The first-order valence-electron chi connectivity index (χ1n) is 10.5. The van der Waals surface area contributed by atoms with E-state index in [0.717, 1.165) is 0 Å². The Balaban J connectivity index is 2.11. The van der Waals surface area contributed by atoms with E-state index < -0.39 is 16.1 Å². The van der Waals surface area contributed by atoms with E-state index in [1.165, 1.54) is 4.31 Å². The topological polar surface area (TPSA) is 113 Å². The first-order chi connectivity index (χ1) is 13.9. The minimum Gasteiger partial charge on any atom is -0.360 e. The molecule has 9 nitrogen and oxygen atoms in total. The number of sulfonamides is 1. The van der Waals surface area contributed by atoms with Crippen LogP contribution in [0.15, 0.2) is 9.42 Å². The Labute approximate surface area is 179 Å². The van der Waals surface area contributed by atoms with Crippen molar-refractivity contribution in [1.29, 1.82) is 0 Å². The molecule has 1 aromatic rings. The number of amides is 2. The van der Waals surface area contributed by atoms with Crippen LogP contribution in [0.1, 0.15) is 52.0 Å². The van der Waals surface area contributed by atoms with E-state index >= 15 is 0 Å². The number of aromatic nitrogens is 1. The summed E-state index contributed by atoms with van der Waals surface area (Å²) >= 11 is 0. The highest BCUT2D eigenvalue weighted by molar-refractivity contribution is 7.89. The number of carbonyl (C=O) groups is 2. The maximum atomic E-state index is 13.1. The predicted octanol–water partition coefficient (Wildman–Crippen LogP) is 1.70. The smallest absolute Gasteiger partial charge is 0.248 e. The molecule has 1 aromatic heterocycles.